The molecule has 0 spiro atoms. The second kappa shape index (κ2) is 8.43. The third kappa shape index (κ3) is 5.05. The number of anilines is 1. The first-order chi connectivity index (χ1) is 14.5. The Balaban J connectivity index is 2.09. The first kappa shape index (κ1) is 22.4. The van der Waals surface area contributed by atoms with Crippen LogP contribution in [-0.2, 0) is 20.0 Å². The van der Waals surface area contributed by atoms with Crippen molar-refractivity contribution >= 4 is 37.2 Å². The van der Waals surface area contributed by atoms with Crippen molar-refractivity contribution in [2.24, 2.45) is 4.40 Å². The van der Waals surface area contributed by atoms with Gasteiger partial charge in [-0.25, -0.2) is 8.42 Å². The van der Waals surface area contributed by atoms with Crippen LogP contribution in [0.1, 0.15) is 16.7 Å². The standard InChI is InChI=1S/C21H20N4O4S2/c1-14-5-9-18(10-6-14)30(26,27)24-19-11-8-17(23-22)13-21(19)31(28,29)25-20-12-15(2)4-7-16(20)3/h4-13,25H,1-3H3. The van der Waals surface area contributed by atoms with Gasteiger partial charge in [-0.2, -0.15) is 17.6 Å². The number of sulfonamides is 2. The van der Waals surface area contributed by atoms with Gasteiger partial charge in [-0.05, 0) is 56.2 Å². The molecule has 1 aliphatic carbocycles. The van der Waals surface area contributed by atoms with Crippen LogP contribution in [0.15, 0.2) is 74.9 Å². The lowest BCUT2D eigenvalue weighted by Gasteiger charge is -2.15. The zero-order chi connectivity index (χ0) is 22.8. The predicted molar refractivity (Wildman–Crippen MR) is 120 cm³/mol. The van der Waals surface area contributed by atoms with Crippen LogP contribution >= 0.6 is 0 Å². The molecular formula is C21H20N4O4S2. The summed E-state index contributed by atoms with van der Waals surface area (Å²) in [5, 5.41) is 0. The van der Waals surface area contributed by atoms with Crippen LogP contribution in [0.5, 0.6) is 0 Å². The number of nitrogens with zero attached hydrogens (tertiary/aromatic N) is 3. The van der Waals surface area contributed by atoms with Gasteiger partial charge in [-0.3, -0.25) is 4.72 Å². The van der Waals surface area contributed by atoms with Crippen molar-refractivity contribution in [2.75, 3.05) is 4.72 Å². The second-order valence-electron chi connectivity index (χ2n) is 7.06. The van der Waals surface area contributed by atoms with E-state index in [9.17, 15) is 16.8 Å². The normalized spacial score (nSPS) is 15.5. The van der Waals surface area contributed by atoms with Gasteiger partial charge < -0.3 is 5.53 Å². The average Bonchev–Trinajstić information content (AvgIpc) is 2.71. The molecule has 0 fully saturated rings. The monoisotopic (exact) mass is 456 g/mol. The first-order valence-electron chi connectivity index (χ1n) is 9.16. The molecule has 0 amide bonds. The van der Waals surface area contributed by atoms with E-state index in [1.165, 1.54) is 24.3 Å². The van der Waals surface area contributed by atoms with Gasteiger partial charge in [-0.1, -0.05) is 29.8 Å². The van der Waals surface area contributed by atoms with Crippen molar-refractivity contribution in [1.82, 2.24) is 0 Å². The molecule has 1 aliphatic rings. The fourth-order valence-electron chi connectivity index (χ4n) is 2.79. The third-order valence-electron chi connectivity index (χ3n) is 4.52. The molecule has 2 aromatic carbocycles. The Morgan fingerprint density at radius 1 is 0.903 bits per heavy atom. The minimum absolute atomic E-state index is 0.0620. The molecule has 0 saturated heterocycles. The molecule has 0 atom stereocenters. The Morgan fingerprint density at radius 3 is 2.19 bits per heavy atom. The van der Waals surface area contributed by atoms with Gasteiger partial charge >= 0.3 is 5.71 Å². The summed E-state index contributed by atoms with van der Waals surface area (Å²) >= 11 is 0. The molecule has 0 unspecified atom stereocenters. The maximum Gasteiger partial charge on any atom is 0.316 e. The molecule has 1 N–H and O–H groups in total. The number of hydrogen-bond donors (Lipinski definition) is 1. The maximum absolute atomic E-state index is 13.1. The number of aryl methyl sites for hydroxylation is 3. The molecule has 10 heteroatoms. The summed E-state index contributed by atoms with van der Waals surface area (Å²) in [7, 11) is -8.44. The predicted octanol–water partition coefficient (Wildman–Crippen LogP) is 3.31. The Bertz CT molecular complexity index is 1400. The second-order valence-corrected chi connectivity index (χ2v) is 10.3. The van der Waals surface area contributed by atoms with Gasteiger partial charge in [0.05, 0.1) is 22.4 Å². The molecule has 0 aliphatic heterocycles. The van der Waals surface area contributed by atoms with Crippen LogP contribution in [0.4, 0.5) is 5.69 Å². The molecule has 0 saturated carbocycles. The van der Waals surface area contributed by atoms with Gasteiger partial charge in [0.15, 0.2) is 0 Å². The largest absolute Gasteiger partial charge is 0.361 e. The average molecular weight is 457 g/mol. The highest BCUT2D eigenvalue weighted by Crippen LogP contribution is 2.24. The highest BCUT2D eigenvalue weighted by molar-refractivity contribution is 7.97. The molecule has 0 radical (unpaired) electrons. The van der Waals surface area contributed by atoms with Crippen molar-refractivity contribution in [3.8, 4) is 0 Å². The Morgan fingerprint density at radius 2 is 1.55 bits per heavy atom. The van der Waals surface area contributed by atoms with E-state index < -0.39 is 25.0 Å². The number of rotatable bonds is 5. The van der Waals surface area contributed by atoms with Crippen molar-refractivity contribution in [3.05, 3.63) is 87.8 Å². The summed E-state index contributed by atoms with van der Waals surface area (Å²) in [5.41, 5.74) is 11.5. The zero-order valence-corrected chi connectivity index (χ0v) is 18.7. The van der Waals surface area contributed by atoms with E-state index in [2.05, 4.69) is 13.9 Å². The van der Waals surface area contributed by atoms with E-state index in [0.717, 1.165) is 17.2 Å². The summed E-state index contributed by atoms with van der Waals surface area (Å²) in [4.78, 5) is 2.50. The fourth-order valence-corrected chi connectivity index (χ4v) is 5.14. The number of hydrogen-bond acceptors (Lipinski definition) is 4. The first-order valence-corrected chi connectivity index (χ1v) is 12.1. The molecule has 3 rings (SSSR count). The van der Waals surface area contributed by atoms with Crippen LogP contribution in [0.2, 0.25) is 0 Å². The molecule has 0 heterocycles. The van der Waals surface area contributed by atoms with Crippen LogP contribution in [0.3, 0.4) is 0 Å². The van der Waals surface area contributed by atoms with E-state index in [0.29, 0.717) is 11.3 Å². The molecule has 0 bridgehead atoms. The van der Waals surface area contributed by atoms with Crippen LogP contribution < -0.4 is 4.72 Å². The Hall–Kier alpha value is -3.33. The van der Waals surface area contributed by atoms with Crippen molar-refractivity contribution in [3.63, 3.8) is 0 Å². The number of benzene rings is 2. The van der Waals surface area contributed by atoms with Gasteiger partial charge in [0.25, 0.3) is 20.0 Å². The van der Waals surface area contributed by atoms with Gasteiger partial charge in [0.1, 0.15) is 4.91 Å². The summed E-state index contributed by atoms with van der Waals surface area (Å²) in [6, 6.07) is 11.3. The number of allylic oxidation sites excluding steroid dienone is 4. The van der Waals surface area contributed by atoms with E-state index in [4.69, 9.17) is 5.53 Å². The fraction of sp³-hybridized carbons (Fsp3) is 0.143. The molecule has 0 aromatic heterocycles. The molecule has 160 valence electrons. The highest BCUT2D eigenvalue weighted by atomic mass is 32.2. The lowest BCUT2D eigenvalue weighted by Crippen LogP contribution is -2.24. The highest BCUT2D eigenvalue weighted by Gasteiger charge is 2.29. The third-order valence-corrected chi connectivity index (χ3v) is 7.22. The summed E-state index contributed by atoms with van der Waals surface area (Å²) in [5.74, 6) is 0. The molecular weight excluding hydrogens is 436 g/mol. The number of nitrogens with one attached hydrogen (secondary N) is 1. The molecule has 31 heavy (non-hydrogen) atoms. The lowest BCUT2D eigenvalue weighted by molar-refractivity contribution is -0.00154. The maximum atomic E-state index is 13.1. The summed E-state index contributed by atoms with van der Waals surface area (Å²) in [6.07, 6.45) is 3.50. The van der Waals surface area contributed by atoms with E-state index in [-0.39, 0.29) is 16.3 Å². The molecule has 8 nitrogen and oxygen atoms in total. The van der Waals surface area contributed by atoms with E-state index in [1.807, 2.05) is 19.9 Å². The summed E-state index contributed by atoms with van der Waals surface area (Å²) in [6.45, 7) is 5.37. The summed E-state index contributed by atoms with van der Waals surface area (Å²) < 4.78 is 58.0. The van der Waals surface area contributed by atoms with Crippen LogP contribution in [0, 0.1) is 20.8 Å². The van der Waals surface area contributed by atoms with Crippen molar-refractivity contribution in [1.29, 1.82) is 0 Å². The van der Waals surface area contributed by atoms with Crippen LogP contribution in [0.25, 0.3) is 5.53 Å². The quantitative estimate of drug-likeness (QED) is 0.420. The van der Waals surface area contributed by atoms with Crippen molar-refractivity contribution in [2.45, 2.75) is 25.7 Å². The molecule has 2 aromatic rings. The van der Waals surface area contributed by atoms with Gasteiger partial charge in [-0.15, -0.1) is 0 Å². The Labute approximate surface area is 181 Å². The van der Waals surface area contributed by atoms with Crippen molar-refractivity contribution < 1.29 is 21.6 Å². The van der Waals surface area contributed by atoms with E-state index >= 15 is 0 Å². The van der Waals surface area contributed by atoms with Gasteiger partial charge in [0.2, 0.25) is 0 Å². The Kier molecular flexibility index (Phi) is 6.08. The SMILES string of the molecule is Cc1ccc(S(=O)(=O)N=C2C=CC(=[N+]=[N-])C=C2S(=O)(=O)Nc2cc(C)ccc2C)cc1. The topological polar surface area (TPSA) is 129 Å². The van der Waals surface area contributed by atoms with Crippen LogP contribution in [-0.4, -0.2) is 33.0 Å². The smallest absolute Gasteiger partial charge is 0.316 e. The van der Waals surface area contributed by atoms with Gasteiger partial charge in [0, 0.05) is 6.08 Å². The van der Waals surface area contributed by atoms with E-state index in [1.54, 1.807) is 31.2 Å². The minimum atomic E-state index is -4.26. The minimum Gasteiger partial charge on any atom is -0.361 e. The zero-order valence-electron chi connectivity index (χ0n) is 17.1. The lowest BCUT2D eigenvalue weighted by atomic mass is 10.1.